The number of hydrogen-bond donors (Lipinski definition) is 0. The van der Waals surface area contributed by atoms with Crippen LogP contribution in [0, 0.1) is 12.9 Å². The SMILES string of the molecule is Cc1nnc(Cn2nc(F)c3ncc(Br)cc32)o1. The van der Waals surface area contributed by atoms with Gasteiger partial charge in [-0.05, 0) is 22.0 Å². The van der Waals surface area contributed by atoms with Gasteiger partial charge in [-0.1, -0.05) is 0 Å². The third-order valence-electron chi connectivity index (χ3n) is 2.37. The Kier molecular flexibility index (Phi) is 2.58. The predicted molar refractivity (Wildman–Crippen MR) is 63.3 cm³/mol. The molecule has 92 valence electrons. The normalized spacial score (nSPS) is 11.3. The summed E-state index contributed by atoms with van der Waals surface area (Å²) in [5.41, 5.74) is 0.784. The second kappa shape index (κ2) is 4.13. The van der Waals surface area contributed by atoms with Crippen LogP contribution >= 0.6 is 15.9 Å². The summed E-state index contributed by atoms with van der Waals surface area (Å²) in [6, 6.07) is 1.74. The van der Waals surface area contributed by atoms with E-state index in [9.17, 15) is 4.39 Å². The summed E-state index contributed by atoms with van der Waals surface area (Å²) in [5.74, 6) is 0.215. The summed E-state index contributed by atoms with van der Waals surface area (Å²) in [6.45, 7) is 1.90. The van der Waals surface area contributed by atoms with Gasteiger partial charge < -0.3 is 4.42 Å². The number of halogens is 2. The van der Waals surface area contributed by atoms with E-state index in [0.29, 0.717) is 17.3 Å². The number of rotatable bonds is 2. The standard InChI is InChI=1S/C10H7BrFN5O/c1-5-14-15-8(18-5)4-17-7-2-6(11)3-13-9(7)10(12)16-17/h2-3H,4H2,1H3. The minimum atomic E-state index is -0.617. The van der Waals surface area contributed by atoms with Crippen LogP contribution in [0.4, 0.5) is 4.39 Å². The lowest BCUT2D eigenvalue weighted by molar-refractivity contribution is 0.440. The molecule has 6 nitrogen and oxygen atoms in total. The molecular formula is C10H7BrFN5O. The Morgan fingerprint density at radius 1 is 1.44 bits per heavy atom. The van der Waals surface area contributed by atoms with Crippen LogP contribution in [-0.2, 0) is 6.54 Å². The van der Waals surface area contributed by atoms with E-state index in [2.05, 4.69) is 36.2 Å². The lowest BCUT2D eigenvalue weighted by atomic mass is 10.4. The van der Waals surface area contributed by atoms with Crippen molar-refractivity contribution in [2.45, 2.75) is 13.5 Å². The molecule has 0 aliphatic carbocycles. The monoisotopic (exact) mass is 311 g/mol. The highest BCUT2D eigenvalue weighted by atomic mass is 79.9. The molecule has 0 aliphatic heterocycles. The summed E-state index contributed by atoms with van der Waals surface area (Å²) >= 11 is 3.29. The smallest absolute Gasteiger partial charge is 0.258 e. The Balaban J connectivity index is 2.08. The van der Waals surface area contributed by atoms with Gasteiger partial charge in [-0.3, -0.25) is 4.68 Å². The van der Waals surface area contributed by atoms with Gasteiger partial charge in [0, 0.05) is 17.6 Å². The quantitative estimate of drug-likeness (QED) is 0.724. The van der Waals surface area contributed by atoms with Crippen LogP contribution in [0.5, 0.6) is 0 Å². The van der Waals surface area contributed by atoms with Crippen LogP contribution in [0.2, 0.25) is 0 Å². The third kappa shape index (κ3) is 1.88. The van der Waals surface area contributed by atoms with Gasteiger partial charge in [0.05, 0.1) is 5.52 Å². The van der Waals surface area contributed by atoms with E-state index in [1.54, 1.807) is 13.0 Å². The van der Waals surface area contributed by atoms with E-state index in [4.69, 9.17) is 4.42 Å². The summed E-state index contributed by atoms with van der Waals surface area (Å²) in [7, 11) is 0. The fraction of sp³-hybridized carbons (Fsp3) is 0.200. The molecule has 3 rings (SSSR count). The highest BCUT2D eigenvalue weighted by Crippen LogP contribution is 2.20. The Labute approximate surface area is 109 Å². The topological polar surface area (TPSA) is 69.6 Å². The Bertz CT molecular complexity index is 722. The first-order valence-electron chi connectivity index (χ1n) is 5.10. The van der Waals surface area contributed by atoms with Gasteiger partial charge in [0.25, 0.3) is 5.95 Å². The summed E-state index contributed by atoms with van der Waals surface area (Å²) in [4.78, 5) is 3.98. The first-order chi connectivity index (χ1) is 8.63. The lowest BCUT2D eigenvalue weighted by Gasteiger charge is -1.98. The molecule has 0 bridgehead atoms. The molecule has 0 aromatic carbocycles. The molecule has 0 saturated carbocycles. The number of fused-ring (bicyclic) bond motifs is 1. The molecular weight excluding hydrogens is 305 g/mol. The maximum atomic E-state index is 13.6. The van der Waals surface area contributed by atoms with E-state index in [1.165, 1.54) is 10.9 Å². The van der Waals surface area contributed by atoms with Crippen molar-refractivity contribution >= 4 is 27.0 Å². The van der Waals surface area contributed by atoms with Crippen molar-refractivity contribution in [2.24, 2.45) is 0 Å². The molecule has 0 N–H and O–H groups in total. The van der Waals surface area contributed by atoms with Crippen molar-refractivity contribution in [3.63, 3.8) is 0 Å². The van der Waals surface area contributed by atoms with Crippen LogP contribution in [0.3, 0.4) is 0 Å². The number of nitrogens with zero attached hydrogens (tertiary/aromatic N) is 5. The minimum absolute atomic E-state index is 0.208. The van der Waals surface area contributed by atoms with Crippen molar-refractivity contribution in [2.75, 3.05) is 0 Å². The third-order valence-corrected chi connectivity index (χ3v) is 2.80. The van der Waals surface area contributed by atoms with Crippen LogP contribution < -0.4 is 0 Å². The van der Waals surface area contributed by atoms with Crippen LogP contribution in [0.15, 0.2) is 21.2 Å². The summed E-state index contributed by atoms with van der Waals surface area (Å²) < 4.78 is 21.0. The molecule has 3 aromatic heterocycles. The van der Waals surface area contributed by atoms with Gasteiger partial charge in [-0.25, -0.2) is 4.98 Å². The zero-order valence-corrected chi connectivity index (χ0v) is 10.8. The average Bonchev–Trinajstić information content (AvgIpc) is 2.85. The molecule has 18 heavy (non-hydrogen) atoms. The van der Waals surface area contributed by atoms with Gasteiger partial charge >= 0.3 is 0 Å². The number of pyridine rings is 1. The first-order valence-corrected chi connectivity index (χ1v) is 5.89. The van der Waals surface area contributed by atoms with Crippen LogP contribution in [-0.4, -0.2) is 25.0 Å². The minimum Gasteiger partial charge on any atom is -0.424 e. The fourth-order valence-corrected chi connectivity index (χ4v) is 1.96. The Morgan fingerprint density at radius 3 is 3.00 bits per heavy atom. The second-order valence-corrected chi connectivity index (χ2v) is 4.60. The Hall–Kier alpha value is -1.83. The van der Waals surface area contributed by atoms with Crippen molar-refractivity contribution in [1.29, 1.82) is 0 Å². The molecule has 0 unspecified atom stereocenters. The van der Waals surface area contributed by atoms with E-state index in [-0.39, 0.29) is 12.1 Å². The van der Waals surface area contributed by atoms with E-state index in [1.807, 2.05) is 0 Å². The predicted octanol–water partition coefficient (Wildman–Crippen LogP) is 2.07. The van der Waals surface area contributed by atoms with E-state index in [0.717, 1.165) is 4.47 Å². The fourth-order valence-electron chi connectivity index (χ4n) is 1.64. The van der Waals surface area contributed by atoms with Gasteiger partial charge in [-0.2, -0.15) is 4.39 Å². The van der Waals surface area contributed by atoms with Crippen molar-refractivity contribution < 1.29 is 8.81 Å². The average molecular weight is 312 g/mol. The first kappa shape index (κ1) is 11.3. The van der Waals surface area contributed by atoms with Crippen molar-refractivity contribution in [3.8, 4) is 0 Å². The number of aryl methyl sites for hydroxylation is 1. The number of aromatic nitrogens is 5. The highest BCUT2D eigenvalue weighted by Gasteiger charge is 2.14. The molecule has 0 aliphatic rings. The Morgan fingerprint density at radius 2 is 2.28 bits per heavy atom. The number of hydrogen-bond acceptors (Lipinski definition) is 5. The van der Waals surface area contributed by atoms with Crippen LogP contribution in [0.25, 0.3) is 11.0 Å². The molecule has 3 heterocycles. The molecule has 3 aromatic rings. The molecule has 0 atom stereocenters. The highest BCUT2D eigenvalue weighted by molar-refractivity contribution is 9.10. The molecule has 0 fully saturated rings. The van der Waals surface area contributed by atoms with Crippen molar-refractivity contribution in [3.05, 3.63) is 34.5 Å². The maximum absolute atomic E-state index is 13.6. The van der Waals surface area contributed by atoms with Crippen molar-refractivity contribution in [1.82, 2.24) is 25.0 Å². The molecule has 0 saturated heterocycles. The van der Waals surface area contributed by atoms with Crippen LogP contribution in [0.1, 0.15) is 11.8 Å². The largest absolute Gasteiger partial charge is 0.424 e. The zero-order valence-electron chi connectivity index (χ0n) is 9.26. The van der Waals surface area contributed by atoms with Gasteiger partial charge in [0.15, 0.2) is 0 Å². The molecule has 0 radical (unpaired) electrons. The van der Waals surface area contributed by atoms with E-state index >= 15 is 0 Å². The maximum Gasteiger partial charge on any atom is 0.258 e. The molecule has 0 amide bonds. The molecule has 8 heteroatoms. The zero-order chi connectivity index (χ0) is 12.7. The molecule has 0 spiro atoms. The van der Waals surface area contributed by atoms with E-state index < -0.39 is 5.95 Å². The van der Waals surface area contributed by atoms with Gasteiger partial charge in [0.1, 0.15) is 12.1 Å². The second-order valence-electron chi connectivity index (χ2n) is 3.68. The van der Waals surface area contributed by atoms with Gasteiger partial charge in [0.2, 0.25) is 11.8 Å². The van der Waals surface area contributed by atoms with Gasteiger partial charge in [-0.15, -0.1) is 15.3 Å². The lowest BCUT2D eigenvalue weighted by Crippen LogP contribution is -2.02. The summed E-state index contributed by atoms with van der Waals surface area (Å²) in [6.07, 6.45) is 1.52. The summed E-state index contributed by atoms with van der Waals surface area (Å²) in [5, 5.41) is 11.3.